The van der Waals surface area contributed by atoms with Crippen LogP contribution in [0.2, 0.25) is 5.02 Å². The Bertz CT molecular complexity index is 1110. The summed E-state index contributed by atoms with van der Waals surface area (Å²) in [6, 6.07) is 12.1. The first-order chi connectivity index (χ1) is 16.8. The van der Waals surface area contributed by atoms with Gasteiger partial charge in [-0.05, 0) is 48.5 Å². The Labute approximate surface area is 207 Å². The number of morpholine rings is 1. The summed E-state index contributed by atoms with van der Waals surface area (Å²) in [4.78, 5) is 52.6. The topological polar surface area (TPSA) is 117 Å². The lowest BCUT2D eigenvalue weighted by Gasteiger charge is -2.27. The molecule has 2 unspecified atom stereocenters. The number of esters is 1. The van der Waals surface area contributed by atoms with Crippen molar-refractivity contribution in [1.82, 2.24) is 4.90 Å². The third-order valence-electron chi connectivity index (χ3n) is 5.69. The molecule has 2 aromatic carbocycles. The normalized spacial score (nSPS) is 19.9. The minimum Gasteiger partial charge on any atom is -0.461 e. The van der Waals surface area contributed by atoms with Crippen molar-refractivity contribution >= 4 is 52.5 Å². The molecule has 2 saturated heterocycles. The molecule has 2 aliphatic rings. The number of anilines is 3. The number of amides is 4. The minimum atomic E-state index is -0.854. The zero-order chi connectivity index (χ0) is 24.9. The average molecular weight is 501 g/mol. The molecule has 2 fully saturated rings. The molecule has 2 heterocycles. The molecule has 0 aromatic heterocycles. The van der Waals surface area contributed by atoms with E-state index in [4.69, 9.17) is 21.1 Å². The third-order valence-corrected chi connectivity index (χ3v) is 5.94. The molecule has 4 amide bonds. The maximum Gasteiger partial charge on any atom is 0.322 e. The lowest BCUT2D eigenvalue weighted by atomic mass is 10.1. The second-order valence-corrected chi connectivity index (χ2v) is 8.64. The van der Waals surface area contributed by atoms with Crippen LogP contribution in [0.3, 0.4) is 0 Å². The van der Waals surface area contributed by atoms with Crippen molar-refractivity contribution in [3.63, 3.8) is 0 Å². The Hall–Kier alpha value is -3.63. The molecule has 0 aliphatic carbocycles. The summed E-state index contributed by atoms with van der Waals surface area (Å²) in [6.45, 7) is 2.32. The van der Waals surface area contributed by atoms with Gasteiger partial charge in [0.1, 0.15) is 18.8 Å². The van der Waals surface area contributed by atoms with E-state index in [0.29, 0.717) is 35.2 Å². The van der Waals surface area contributed by atoms with Crippen LogP contribution in [0.4, 0.5) is 21.9 Å². The van der Waals surface area contributed by atoms with Gasteiger partial charge >= 0.3 is 12.0 Å². The number of rotatable bonds is 5. The van der Waals surface area contributed by atoms with Crippen molar-refractivity contribution in [1.29, 1.82) is 0 Å². The highest BCUT2D eigenvalue weighted by molar-refractivity contribution is 6.30. The van der Waals surface area contributed by atoms with E-state index in [9.17, 15) is 19.2 Å². The molecule has 2 atom stereocenters. The first-order valence-corrected chi connectivity index (χ1v) is 11.5. The van der Waals surface area contributed by atoms with Crippen LogP contribution in [-0.2, 0) is 23.9 Å². The molecule has 2 aromatic rings. The van der Waals surface area contributed by atoms with Gasteiger partial charge in [-0.15, -0.1) is 0 Å². The van der Waals surface area contributed by atoms with E-state index in [2.05, 4.69) is 10.6 Å². The van der Waals surface area contributed by atoms with Gasteiger partial charge in [0.25, 0.3) is 5.91 Å². The van der Waals surface area contributed by atoms with E-state index >= 15 is 0 Å². The van der Waals surface area contributed by atoms with Crippen LogP contribution in [0.15, 0.2) is 48.5 Å². The number of nitrogens with one attached hydrogen (secondary N) is 2. The molecule has 2 aliphatic heterocycles. The Morgan fingerprint density at radius 3 is 2.34 bits per heavy atom. The molecule has 0 spiro atoms. The number of urea groups is 1. The van der Waals surface area contributed by atoms with Crippen LogP contribution in [0, 0.1) is 0 Å². The predicted molar refractivity (Wildman–Crippen MR) is 129 cm³/mol. The lowest BCUT2D eigenvalue weighted by Crippen LogP contribution is -2.45. The van der Waals surface area contributed by atoms with Crippen LogP contribution in [0.1, 0.15) is 13.3 Å². The highest BCUT2D eigenvalue weighted by atomic mass is 35.5. The summed E-state index contributed by atoms with van der Waals surface area (Å²) < 4.78 is 10.4. The first-order valence-electron chi connectivity index (χ1n) is 11.1. The molecule has 0 radical (unpaired) electrons. The second kappa shape index (κ2) is 10.7. The second-order valence-electron chi connectivity index (χ2n) is 8.21. The van der Waals surface area contributed by atoms with Crippen molar-refractivity contribution in [3.8, 4) is 0 Å². The number of carbonyl (C=O) groups is 4. The Morgan fingerprint density at radius 2 is 1.69 bits per heavy atom. The average Bonchev–Trinajstić information content (AvgIpc) is 3.25. The van der Waals surface area contributed by atoms with Crippen LogP contribution in [-0.4, -0.2) is 67.2 Å². The van der Waals surface area contributed by atoms with E-state index in [1.807, 2.05) is 0 Å². The van der Waals surface area contributed by atoms with Crippen LogP contribution in [0.25, 0.3) is 0 Å². The lowest BCUT2D eigenvalue weighted by molar-refractivity contribution is -0.145. The monoisotopic (exact) mass is 500 g/mol. The van der Waals surface area contributed by atoms with Gasteiger partial charge in [0.2, 0.25) is 5.91 Å². The van der Waals surface area contributed by atoms with Crippen LogP contribution in [0.5, 0.6) is 0 Å². The zero-order valence-corrected chi connectivity index (χ0v) is 19.8. The number of likely N-dealkylation sites (tertiary alicyclic amines) is 1. The van der Waals surface area contributed by atoms with E-state index in [-0.39, 0.29) is 25.5 Å². The van der Waals surface area contributed by atoms with E-state index in [0.717, 1.165) is 0 Å². The van der Waals surface area contributed by atoms with Crippen molar-refractivity contribution in [2.75, 3.05) is 41.8 Å². The first kappa shape index (κ1) is 24.5. The molecule has 10 nitrogen and oxygen atoms in total. The van der Waals surface area contributed by atoms with Gasteiger partial charge in [-0.25, -0.2) is 4.79 Å². The molecule has 184 valence electrons. The largest absolute Gasteiger partial charge is 0.461 e. The fourth-order valence-electron chi connectivity index (χ4n) is 4.06. The number of benzene rings is 2. The van der Waals surface area contributed by atoms with Crippen molar-refractivity contribution in [2.24, 2.45) is 0 Å². The predicted octanol–water partition coefficient (Wildman–Crippen LogP) is 2.88. The Kier molecular flexibility index (Phi) is 7.52. The summed E-state index contributed by atoms with van der Waals surface area (Å²) in [7, 11) is 0. The maximum absolute atomic E-state index is 13.1. The van der Waals surface area contributed by atoms with E-state index < -0.39 is 30.1 Å². The van der Waals surface area contributed by atoms with Crippen molar-refractivity contribution < 1.29 is 28.7 Å². The number of nitrogens with zero attached hydrogens (tertiary/aromatic N) is 2. The number of carbonyl (C=O) groups excluding carboxylic acids is 4. The fraction of sp³-hybridized carbons (Fsp3) is 0.333. The van der Waals surface area contributed by atoms with Gasteiger partial charge in [0.15, 0.2) is 0 Å². The molecule has 0 bridgehead atoms. The van der Waals surface area contributed by atoms with E-state index in [1.54, 1.807) is 53.4 Å². The summed E-state index contributed by atoms with van der Waals surface area (Å²) in [5, 5.41) is 6.08. The van der Waals surface area contributed by atoms with Crippen LogP contribution >= 0.6 is 11.6 Å². The zero-order valence-electron chi connectivity index (χ0n) is 19.0. The Morgan fingerprint density at radius 1 is 1.03 bits per heavy atom. The molecular weight excluding hydrogens is 476 g/mol. The van der Waals surface area contributed by atoms with Gasteiger partial charge in [0, 0.05) is 42.0 Å². The smallest absolute Gasteiger partial charge is 0.322 e. The number of hydrogen-bond donors (Lipinski definition) is 2. The summed E-state index contributed by atoms with van der Waals surface area (Å²) in [6.07, 6.45) is -0.436. The molecule has 4 rings (SSSR count). The highest BCUT2D eigenvalue weighted by Crippen LogP contribution is 2.25. The SMILES string of the molecule is CC(=O)OC1CC(C(=O)Nc2ccc(N3CCOCC3=O)cc2)N(C(=O)Nc2ccc(Cl)cc2)C1. The van der Waals surface area contributed by atoms with Gasteiger partial charge in [0.05, 0.1) is 13.2 Å². The number of hydrogen-bond acceptors (Lipinski definition) is 6. The molecule has 0 saturated carbocycles. The van der Waals surface area contributed by atoms with Crippen molar-refractivity contribution in [2.45, 2.75) is 25.5 Å². The number of ether oxygens (including phenoxy) is 2. The molecular formula is C24H25ClN4O6. The van der Waals surface area contributed by atoms with Crippen molar-refractivity contribution in [3.05, 3.63) is 53.6 Å². The summed E-state index contributed by atoms with van der Waals surface area (Å²) >= 11 is 5.90. The third kappa shape index (κ3) is 6.09. The molecule has 2 N–H and O–H groups in total. The Balaban J connectivity index is 1.45. The highest BCUT2D eigenvalue weighted by Gasteiger charge is 2.41. The van der Waals surface area contributed by atoms with Gasteiger partial charge < -0.3 is 29.9 Å². The standard InChI is InChI=1S/C24H25ClN4O6/c1-15(30)35-20-12-21(29(13-20)24(33)27-18-4-2-16(25)3-5-18)23(32)26-17-6-8-19(9-7-17)28-10-11-34-14-22(28)31/h2-9,20-21H,10-14H2,1H3,(H,26,32)(H,27,33). The van der Waals surface area contributed by atoms with Crippen LogP contribution < -0.4 is 15.5 Å². The maximum atomic E-state index is 13.1. The number of halogens is 1. The van der Waals surface area contributed by atoms with Gasteiger partial charge in [-0.2, -0.15) is 0 Å². The summed E-state index contributed by atoms with van der Waals surface area (Å²) in [5.41, 5.74) is 1.73. The van der Waals surface area contributed by atoms with Gasteiger partial charge in [-0.1, -0.05) is 11.6 Å². The quantitative estimate of drug-likeness (QED) is 0.610. The molecule has 11 heteroatoms. The van der Waals surface area contributed by atoms with E-state index in [1.165, 1.54) is 11.8 Å². The van der Waals surface area contributed by atoms with Gasteiger partial charge in [-0.3, -0.25) is 14.4 Å². The fourth-order valence-corrected chi connectivity index (χ4v) is 4.19. The summed E-state index contributed by atoms with van der Waals surface area (Å²) in [5.74, 6) is -1.03. The molecule has 35 heavy (non-hydrogen) atoms. The minimum absolute atomic E-state index is 0.0393.